The van der Waals surface area contributed by atoms with Crippen LogP contribution in [0.4, 0.5) is 0 Å². The van der Waals surface area contributed by atoms with Crippen molar-refractivity contribution in [3.63, 3.8) is 0 Å². The molecule has 0 radical (unpaired) electrons. The maximum Gasteiger partial charge on any atom is 0.0922 e. The summed E-state index contributed by atoms with van der Waals surface area (Å²) in [6.45, 7) is 3.46. The molecule has 0 aliphatic carbocycles. The van der Waals surface area contributed by atoms with Crippen LogP contribution in [0.25, 0.3) is 0 Å². The summed E-state index contributed by atoms with van der Waals surface area (Å²) < 4.78 is 5.92. The third-order valence-corrected chi connectivity index (χ3v) is 4.85. The Morgan fingerprint density at radius 1 is 1.27 bits per heavy atom. The molecule has 1 aromatic carbocycles. The largest absolute Gasteiger partial charge is 0.372 e. The van der Waals surface area contributed by atoms with E-state index in [0.717, 1.165) is 43.7 Å². The van der Waals surface area contributed by atoms with Crippen molar-refractivity contribution < 1.29 is 4.74 Å². The zero-order valence-corrected chi connectivity index (χ0v) is 13.8. The minimum Gasteiger partial charge on any atom is -0.372 e. The van der Waals surface area contributed by atoms with E-state index in [9.17, 15) is 0 Å². The highest BCUT2D eigenvalue weighted by atomic mass is 35.5. The van der Waals surface area contributed by atoms with E-state index in [2.05, 4.69) is 14.9 Å². The molecule has 22 heavy (non-hydrogen) atoms. The Bertz CT molecular complexity index is 595. The van der Waals surface area contributed by atoms with E-state index in [-0.39, 0.29) is 0 Å². The van der Waals surface area contributed by atoms with Gasteiger partial charge in [-0.15, -0.1) is 0 Å². The van der Waals surface area contributed by atoms with Gasteiger partial charge in [0.25, 0.3) is 0 Å². The summed E-state index contributed by atoms with van der Waals surface area (Å²) in [5.41, 5.74) is 2.11. The van der Waals surface area contributed by atoms with Gasteiger partial charge in [-0.3, -0.25) is 4.90 Å². The molecule has 1 N–H and O–H groups in total. The molecule has 1 aromatic heterocycles. The highest BCUT2D eigenvalue weighted by molar-refractivity contribution is 6.42. The SMILES string of the molecule is Clc1cccc(CN2CCC(OCc3cnc[nH]3)CC2)c1Cl. The van der Waals surface area contributed by atoms with Crippen molar-refractivity contribution in [1.29, 1.82) is 0 Å². The number of halogens is 2. The van der Waals surface area contributed by atoms with Gasteiger partial charge in [0, 0.05) is 19.6 Å². The molecule has 6 heteroatoms. The molecule has 0 saturated carbocycles. The average Bonchev–Trinajstić information content (AvgIpc) is 3.05. The first-order valence-corrected chi connectivity index (χ1v) is 8.22. The number of nitrogens with zero attached hydrogens (tertiary/aromatic N) is 2. The summed E-state index contributed by atoms with van der Waals surface area (Å²) in [6.07, 6.45) is 5.86. The van der Waals surface area contributed by atoms with Crippen molar-refractivity contribution in [2.45, 2.75) is 32.1 Å². The summed E-state index contributed by atoms with van der Waals surface area (Å²) in [5, 5.41) is 1.29. The minimum absolute atomic E-state index is 0.314. The molecule has 1 saturated heterocycles. The van der Waals surface area contributed by atoms with Gasteiger partial charge in [0.1, 0.15) is 0 Å². The van der Waals surface area contributed by atoms with Crippen LogP contribution in [0.2, 0.25) is 10.0 Å². The number of hydrogen-bond donors (Lipinski definition) is 1. The summed E-state index contributed by atoms with van der Waals surface area (Å²) >= 11 is 12.3. The molecule has 0 atom stereocenters. The van der Waals surface area contributed by atoms with E-state index in [4.69, 9.17) is 27.9 Å². The number of likely N-dealkylation sites (tertiary alicyclic amines) is 1. The van der Waals surface area contributed by atoms with Gasteiger partial charge in [0.15, 0.2) is 0 Å². The van der Waals surface area contributed by atoms with Gasteiger partial charge in [0.2, 0.25) is 0 Å². The van der Waals surface area contributed by atoms with Crippen LogP contribution in [-0.2, 0) is 17.9 Å². The van der Waals surface area contributed by atoms with Crippen molar-refractivity contribution in [1.82, 2.24) is 14.9 Å². The summed E-state index contributed by atoms with van der Waals surface area (Å²) in [6, 6.07) is 5.81. The highest BCUT2D eigenvalue weighted by Crippen LogP contribution is 2.27. The zero-order valence-electron chi connectivity index (χ0n) is 12.3. The average molecular weight is 340 g/mol. The molecule has 1 aliphatic rings. The lowest BCUT2D eigenvalue weighted by Gasteiger charge is -2.32. The number of benzene rings is 1. The van der Waals surface area contributed by atoms with Crippen LogP contribution in [0, 0.1) is 0 Å². The number of imidazole rings is 1. The normalized spacial score (nSPS) is 17.0. The molecular formula is C16H19Cl2N3O. The maximum atomic E-state index is 6.26. The van der Waals surface area contributed by atoms with E-state index >= 15 is 0 Å². The monoisotopic (exact) mass is 339 g/mol. The summed E-state index contributed by atoms with van der Waals surface area (Å²) in [7, 11) is 0. The fourth-order valence-electron chi connectivity index (χ4n) is 2.72. The van der Waals surface area contributed by atoms with Gasteiger partial charge >= 0.3 is 0 Å². The minimum atomic E-state index is 0.314. The second-order valence-electron chi connectivity index (χ2n) is 5.58. The molecule has 0 unspecified atom stereocenters. The molecule has 0 amide bonds. The number of aromatic nitrogens is 2. The number of H-pyrrole nitrogens is 1. The quantitative estimate of drug-likeness (QED) is 0.898. The maximum absolute atomic E-state index is 6.26. The molecule has 3 rings (SSSR count). The van der Waals surface area contributed by atoms with Crippen LogP contribution in [0.1, 0.15) is 24.1 Å². The van der Waals surface area contributed by atoms with E-state index in [0.29, 0.717) is 22.8 Å². The zero-order chi connectivity index (χ0) is 15.4. The fraction of sp³-hybridized carbons (Fsp3) is 0.438. The Hall–Kier alpha value is -1.07. The Labute approximate surface area is 140 Å². The molecule has 0 spiro atoms. The first kappa shape index (κ1) is 15.8. The van der Waals surface area contributed by atoms with Crippen LogP contribution < -0.4 is 0 Å². The Kier molecular flexibility index (Phi) is 5.37. The molecule has 2 aromatic rings. The molecule has 1 fully saturated rings. The topological polar surface area (TPSA) is 41.1 Å². The standard InChI is InChI=1S/C16H19Cl2N3O/c17-15-3-1-2-12(16(15)18)9-21-6-4-14(5-7-21)22-10-13-8-19-11-20-13/h1-3,8,11,14H,4-7,9-10H2,(H,19,20). The second-order valence-corrected chi connectivity index (χ2v) is 6.36. The predicted molar refractivity (Wildman–Crippen MR) is 88.1 cm³/mol. The van der Waals surface area contributed by atoms with E-state index < -0.39 is 0 Å². The Morgan fingerprint density at radius 2 is 2.09 bits per heavy atom. The van der Waals surface area contributed by atoms with Crippen molar-refractivity contribution in [3.8, 4) is 0 Å². The van der Waals surface area contributed by atoms with Crippen LogP contribution in [0.5, 0.6) is 0 Å². The van der Waals surface area contributed by atoms with Crippen LogP contribution in [-0.4, -0.2) is 34.1 Å². The number of hydrogen-bond acceptors (Lipinski definition) is 3. The molecule has 1 aliphatic heterocycles. The molecule has 4 nitrogen and oxygen atoms in total. The van der Waals surface area contributed by atoms with Gasteiger partial charge in [-0.1, -0.05) is 35.3 Å². The van der Waals surface area contributed by atoms with Crippen molar-refractivity contribution in [2.75, 3.05) is 13.1 Å². The van der Waals surface area contributed by atoms with Crippen LogP contribution in [0.3, 0.4) is 0 Å². The van der Waals surface area contributed by atoms with Crippen molar-refractivity contribution in [3.05, 3.63) is 52.0 Å². The summed E-state index contributed by atoms with van der Waals surface area (Å²) in [5.74, 6) is 0. The van der Waals surface area contributed by atoms with E-state index in [1.54, 1.807) is 12.5 Å². The van der Waals surface area contributed by atoms with Crippen molar-refractivity contribution >= 4 is 23.2 Å². The summed E-state index contributed by atoms with van der Waals surface area (Å²) in [4.78, 5) is 9.45. The second kappa shape index (κ2) is 7.47. The lowest BCUT2D eigenvalue weighted by atomic mass is 10.1. The highest BCUT2D eigenvalue weighted by Gasteiger charge is 2.20. The number of ether oxygens (including phenoxy) is 1. The van der Waals surface area contributed by atoms with Gasteiger partial charge in [-0.2, -0.15) is 0 Å². The number of rotatable bonds is 5. The van der Waals surface area contributed by atoms with Gasteiger partial charge < -0.3 is 9.72 Å². The van der Waals surface area contributed by atoms with E-state index in [1.807, 2.05) is 18.2 Å². The van der Waals surface area contributed by atoms with E-state index in [1.165, 1.54) is 0 Å². The van der Waals surface area contributed by atoms with Gasteiger partial charge in [0.05, 0.1) is 41.0 Å². The molecular weight excluding hydrogens is 321 g/mol. The number of aromatic amines is 1. The predicted octanol–water partition coefficient (Wildman–Crippen LogP) is 3.90. The van der Waals surface area contributed by atoms with Crippen molar-refractivity contribution in [2.24, 2.45) is 0 Å². The van der Waals surface area contributed by atoms with Crippen LogP contribution >= 0.6 is 23.2 Å². The fourth-order valence-corrected chi connectivity index (χ4v) is 3.10. The lowest BCUT2D eigenvalue weighted by molar-refractivity contribution is -0.00510. The number of nitrogens with one attached hydrogen (secondary N) is 1. The smallest absolute Gasteiger partial charge is 0.0922 e. The Balaban J connectivity index is 1.46. The van der Waals surface area contributed by atoms with Gasteiger partial charge in [-0.05, 0) is 24.5 Å². The lowest BCUT2D eigenvalue weighted by Crippen LogP contribution is -2.36. The third-order valence-electron chi connectivity index (χ3n) is 3.99. The molecule has 2 heterocycles. The molecule has 0 bridgehead atoms. The molecule has 118 valence electrons. The number of piperidine rings is 1. The Morgan fingerprint density at radius 3 is 2.82 bits per heavy atom. The van der Waals surface area contributed by atoms with Gasteiger partial charge in [-0.25, -0.2) is 4.98 Å². The van der Waals surface area contributed by atoms with Crippen LogP contribution in [0.15, 0.2) is 30.7 Å². The first-order chi connectivity index (χ1) is 10.7. The third kappa shape index (κ3) is 4.02. The first-order valence-electron chi connectivity index (χ1n) is 7.46.